The minimum absolute atomic E-state index is 0.180. The third kappa shape index (κ3) is 2.08. The summed E-state index contributed by atoms with van der Waals surface area (Å²) in [5, 5.41) is 0.378. The monoisotopic (exact) mass is 246 g/mol. The lowest BCUT2D eigenvalue weighted by Crippen LogP contribution is -2.38. The molecule has 1 aliphatic heterocycles. The summed E-state index contributed by atoms with van der Waals surface area (Å²) in [5.74, 6) is 0.527. The molecule has 0 radical (unpaired) electrons. The molecule has 82 valence electrons. The normalized spacial score (nSPS) is 20.2. The van der Waals surface area contributed by atoms with Crippen LogP contribution in [0.5, 0.6) is 0 Å². The van der Waals surface area contributed by atoms with Crippen molar-refractivity contribution in [2.45, 2.75) is 12.8 Å². The average molecular weight is 247 g/mol. The Bertz CT molecular complexity index is 461. The third-order valence-electron chi connectivity index (χ3n) is 2.32. The van der Waals surface area contributed by atoms with Gasteiger partial charge in [-0.3, -0.25) is 4.31 Å². The Kier molecular flexibility index (Phi) is 2.84. The van der Waals surface area contributed by atoms with Gasteiger partial charge in [-0.1, -0.05) is 11.6 Å². The maximum atomic E-state index is 11.8. The number of anilines is 1. The van der Waals surface area contributed by atoms with E-state index in [4.69, 9.17) is 11.6 Å². The second-order valence-electron chi connectivity index (χ2n) is 3.40. The van der Waals surface area contributed by atoms with Crippen LogP contribution in [-0.2, 0) is 10.0 Å². The summed E-state index contributed by atoms with van der Waals surface area (Å²) >= 11 is 5.92. The van der Waals surface area contributed by atoms with Crippen LogP contribution < -0.4 is 4.31 Å². The van der Waals surface area contributed by atoms with Gasteiger partial charge in [0.2, 0.25) is 10.0 Å². The molecule has 1 aliphatic rings. The molecule has 0 spiro atoms. The van der Waals surface area contributed by atoms with E-state index in [1.807, 2.05) is 0 Å². The molecular weight excluding hydrogens is 236 g/mol. The van der Waals surface area contributed by atoms with Gasteiger partial charge in [0.05, 0.1) is 10.8 Å². The van der Waals surface area contributed by atoms with Crippen LogP contribution in [0.15, 0.2) is 18.3 Å². The van der Waals surface area contributed by atoms with E-state index in [2.05, 4.69) is 4.98 Å². The van der Waals surface area contributed by atoms with E-state index in [0.717, 1.165) is 6.42 Å². The minimum Gasteiger partial charge on any atom is -0.252 e. The molecule has 2 rings (SSSR count). The van der Waals surface area contributed by atoms with E-state index >= 15 is 0 Å². The van der Waals surface area contributed by atoms with Crippen molar-refractivity contribution < 1.29 is 8.42 Å². The number of rotatable bonds is 1. The predicted molar refractivity (Wildman–Crippen MR) is 59.6 cm³/mol. The van der Waals surface area contributed by atoms with E-state index < -0.39 is 10.0 Å². The highest BCUT2D eigenvalue weighted by Gasteiger charge is 2.28. The van der Waals surface area contributed by atoms with Crippen LogP contribution in [0.25, 0.3) is 0 Å². The molecule has 0 aromatic carbocycles. The fraction of sp³-hybridized carbons (Fsp3) is 0.444. The molecule has 6 heteroatoms. The Hall–Kier alpha value is -0.810. The van der Waals surface area contributed by atoms with Gasteiger partial charge in [-0.25, -0.2) is 13.4 Å². The Morgan fingerprint density at radius 3 is 2.87 bits per heavy atom. The van der Waals surface area contributed by atoms with Crippen molar-refractivity contribution in [2.75, 3.05) is 16.6 Å². The summed E-state index contributed by atoms with van der Waals surface area (Å²) in [7, 11) is -3.21. The first kappa shape index (κ1) is 10.7. The van der Waals surface area contributed by atoms with Gasteiger partial charge in [0.25, 0.3) is 0 Å². The van der Waals surface area contributed by atoms with Crippen LogP contribution in [0.2, 0.25) is 5.02 Å². The molecule has 1 aromatic rings. The number of sulfonamides is 1. The maximum Gasteiger partial charge on any atom is 0.236 e. The van der Waals surface area contributed by atoms with Crippen LogP contribution in [-0.4, -0.2) is 25.7 Å². The van der Waals surface area contributed by atoms with Gasteiger partial charge >= 0.3 is 0 Å². The lowest BCUT2D eigenvalue weighted by atomic mass is 10.3. The number of halogens is 1. The smallest absolute Gasteiger partial charge is 0.236 e. The van der Waals surface area contributed by atoms with Crippen molar-refractivity contribution in [3.8, 4) is 0 Å². The van der Waals surface area contributed by atoms with E-state index in [1.165, 1.54) is 4.31 Å². The van der Waals surface area contributed by atoms with Crippen LogP contribution in [0.4, 0.5) is 5.82 Å². The van der Waals surface area contributed by atoms with Crippen molar-refractivity contribution in [1.82, 2.24) is 4.98 Å². The molecule has 0 saturated carbocycles. The van der Waals surface area contributed by atoms with Gasteiger partial charge < -0.3 is 0 Å². The molecule has 1 aromatic heterocycles. The minimum atomic E-state index is -3.21. The predicted octanol–water partition coefficient (Wildman–Crippen LogP) is 1.67. The number of nitrogens with zero attached hydrogens (tertiary/aromatic N) is 2. The second-order valence-corrected chi connectivity index (χ2v) is 5.82. The quantitative estimate of drug-likeness (QED) is 0.757. The molecule has 15 heavy (non-hydrogen) atoms. The van der Waals surface area contributed by atoms with Crippen molar-refractivity contribution in [1.29, 1.82) is 0 Å². The maximum absolute atomic E-state index is 11.8. The summed E-state index contributed by atoms with van der Waals surface area (Å²) in [6, 6.07) is 3.33. The van der Waals surface area contributed by atoms with Crippen LogP contribution in [0.3, 0.4) is 0 Å². The standard InChI is InChI=1S/C9H11ClN2O2S/c10-8-4-3-5-11-9(8)12-6-1-2-7-15(12,13)14/h3-5H,1-2,6-7H2. The van der Waals surface area contributed by atoms with Crippen molar-refractivity contribution >= 4 is 27.4 Å². The lowest BCUT2D eigenvalue weighted by molar-refractivity contribution is 0.573. The van der Waals surface area contributed by atoms with Gasteiger partial charge in [0.1, 0.15) is 0 Å². The van der Waals surface area contributed by atoms with Crippen LogP contribution in [0, 0.1) is 0 Å². The Balaban J connectivity index is 2.42. The highest BCUT2D eigenvalue weighted by molar-refractivity contribution is 7.92. The van der Waals surface area contributed by atoms with Crippen molar-refractivity contribution in [3.63, 3.8) is 0 Å². The zero-order valence-electron chi connectivity index (χ0n) is 8.06. The van der Waals surface area contributed by atoms with E-state index in [9.17, 15) is 8.42 Å². The third-order valence-corrected chi connectivity index (χ3v) is 4.45. The molecule has 0 unspecified atom stereocenters. The van der Waals surface area contributed by atoms with Crippen LogP contribution in [0.1, 0.15) is 12.8 Å². The summed E-state index contributed by atoms with van der Waals surface area (Å²) < 4.78 is 24.8. The molecule has 0 aliphatic carbocycles. The molecule has 0 amide bonds. The van der Waals surface area contributed by atoms with Gasteiger partial charge in [-0.05, 0) is 25.0 Å². The summed E-state index contributed by atoms with van der Waals surface area (Å²) in [4.78, 5) is 4.01. The SMILES string of the molecule is O=S1(=O)CCCCN1c1ncccc1Cl. The van der Waals surface area contributed by atoms with Gasteiger partial charge in [0, 0.05) is 12.7 Å². The number of hydrogen-bond donors (Lipinski definition) is 0. The highest BCUT2D eigenvalue weighted by Crippen LogP contribution is 2.27. The van der Waals surface area contributed by atoms with Gasteiger partial charge in [-0.15, -0.1) is 0 Å². The molecule has 0 bridgehead atoms. The molecule has 4 nitrogen and oxygen atoms in total. The number of pyridine rings is 1. The molecule has 1 saturated heterocycles. The zero-order chi connectivity index (χ0) is 10.9. The second kappa shape index (κ2) is 3.98. The zero-order valence-corrected chi connectivity index (χ0v) is 9.63. The van der Waals surface area contributed by atoms with Crippen molar-refractivity contribution in [2.24, 2.45) is 0 Å². The average Bonchev–Trinajstić information content (AvgIpc) is 2.19. The van der Waals surface area contributed by atoms with Gasteiger partial charge in [0.15, 0.2) is 5.82 Å². The molecular formula is C9H11ClN2O2S. The topological polar surface area (TPSA) is 50.3 Å². The fourth-order valence-corrected chi connectivity index (χ4v) is 3.47. The molecule has 0 atom stereocenters. The summed E-state index contributed by atoms with van der Waals surface area (Å²) in [6.45, 7) is 0.471. The summed E-state index contributed by atoms with van der Waals surface area (Å²) in [6.07, 6.45) is 3.11. The van der Waals surface area contributed by atoms with E-state index in [1.54, 1.807) is 18.3 Å². The number of hydrogen-bond acceptors (Lipinski definition) is 3. The van der Waals surface area contributed by atoms with Gasteiger partial charge in [-0.2, -0.15) is 0 Å². The molecule has 2 heterocycles. The van der Waals surface area contributed by atoms with E-state index in [0.29, 0.717) is 23.8 Å². The Morgan fingerprint density at radius 2 is 2.20 bits per heavy atom. The van der Waals surface area contributed by atoms with Crippen LogP contribution >= 0.6 is 11.6 Å². The molecule has 0 N–H and O–H groups in total. The fourth-order valence-electron chi connectivity index (χ4n) is 1.59. The van der Waals surface area contributed by atoms with E-state index in [-0.39, 0.29) is 5.75 Å². The Morgan fingerprint density at radius 1 is 1.40 bits per heavy atom. The Labute approximate surface area is 93.9 Å². The lowest BCUT2D eigenvalue weighted by Gasteiger charge is -2.27. The summed E-state index contributed by atoms with van der Waals surface area (Å²) in [5.41, 5.74) is 0. The molecule has 1 fully saturated rings. The largest absolute Gasteiger partial charge is 0.252 e. The number of aromatic nitrogens is 1. The first-order chi connectivity index (χ1) is 7.11. The first-order valence-corrected chi connectivity index (χ1v) is 6.71. The first-order valence-electron chi connectivity index (χ1n) is 4.72. The van der Waals surface area contributed by atoms with Crippen molar-refractivity contribution in [3.05, 3.63) is 23.4 Å². The highest BCUT2D eigenvalue weighted by atomic mass is 35.5.